The van der Waals surface area contributed by atoms with E-state index in [4.69, 9.17) is 21.7 Å². The Morgan fingerprint density at radius 3 is 2.48 bits per heavy atom. The highest BCUT2D eigenvalue weighted by Gasteiger charge is 2.20. The summed E-state index contributed by atoms with van der Waals surface area (Å²) in [5.41, 5.74) is 3.82. The number of carbonyl (C=O) groups is 2. The number of ether oxygens (including phenoxy) is 2. The van der Waals surface area contributed by atoms with Crippen LogP contribution in [-0.2, 0) is 16.0 Å². The zero-order valence-corrected chi connectivity index (χ0v) is 18.7. The maximum atomic E-state index is 12.5. The van der Waals surface area contributed by atoms with Gasteiger partial charge in [-0.05, 0) is 65.2 Å². The van der Waals surface area contributed by atoms with Crippen LogP contribution in [0.1, 0.15) is 36.5 Å². The molecule has 2 aromatic rings. The van der Waals surface area contributed by atoms with Gasteiger partial charge in [-0.2, -0.15) is 0 Å². The minimum atomic E-state index is -0.290. The number of nitrogens with one attached hydrogen (secondary N) is 2. The molecule has 1 amide bonds. The fraction of sp³-hybridized carbons (Fsp3) is 0.292. The number of amides is 1. The van der Waals surface area contributed by atoms with Gasteiger partial charge in [-0.25, -0.2) is 0 Å². The lowest BCUT2D eigenvalue weighted by molar-refractivity contribution is -0.120. The molecule has 0 aromatic heterocycles. The first-order chi connectivity index (χ1) is 14.9. The van der Waals surface area contributed by atoms with Gasteiger partial charge >= 0.3 is 0 Å². The van der Waals surface area contributed by atoms with E-state index in [2.05, 4.69) is 24.5 Å². The maximum absolute atomic E-state index is 12.5. The maximum Gasteiger partial charge on any atom is 0.253 e. The van der Waals surface area contributed by atoms with Crippen molar-refractivity contribution in [1.82, 2.24) is 10.6 Å². The summed E-state index contributed by atoms with van der Waals surface area (Å²) in [6, 6.07) is 13.4. The molecule has 0 saturated heterocycles. The molecule has 2 aromatic carbocycles. The van der Waals surface area contributed by atoms with Crippen molar-refractivity contribution in [2.45, 2.75) is 26.2 Å². The number of rotatable bonds is 8. The van der Waals surface area contributed by atoms with Crippen molar-refractivity contribution in [2.24, 2.45) is 0 Å². The third-order valence-corrected chi connectivity index (χ3v) is 5.22. The highest BCUT2D eigenvalue weighted by molar-refractivity contribution is 7.80. The summed E-state index contributed by atoms with van der Waals surface area (Å²) in [5.74, 6) is 1.36. The predicted octanol–water partition coefficient (Wildman–Crippen LogP) is 3.40. The number of methoxy groups -OCH3 is 1. The molecular weight excluding hydrogens is 412 g/mol. The molecule has 6 nitrogen and oxygen atoms in total. The average molecular weight is 439 g/mol. The largest absolute Gasteiger partial charge is 0.497 e. The van der Waals surface area contributed by atoms with Crippen LogP contribution in [0.15, 0.2) is 48.0 Å². The number of benzene rings is 2. The molecule has 2 N–H and O–H groups in total. The molecule has 31 heavy (non-hydrogen) atoms. The molecule has 1 aliphatic carbocycles. The van der Waals surface area contributed by atoms with E-state index < -0.39 is 0 Å². The van der Waals surface area contributed by atoms with E-state index in [0.717, 1.165) is 16.9 Å². The number of Topliss-reactive ketones (excluding diaryl/α,β-unsaturated/α-hetero) is 1. The molecule has 0 bridgehead atoms. The summed E-state index contributed by atoms with van der Waals surface area (Å²) >= 11 is 5.14. The number of hydrogen-bond donors (Lipinski definition) is 2. The minimum absolute atomic E-state index is 0.0281. The lowest BCUT2D eigenvalue weighted by Crippen LogP contribution is -2.42. The van der Waals surface area contributed by atoms with Crippen molar-refractivity contribution in [3.05, 3.63) is 64.7 Å². The van der Waals surface area contributed by atoms with Crippen LogP contribution in [0.5, 0.6) is 11.5 Å². The number of carbonyl (C=O) groups excluding carboxylic acids is 2. The topological polar surface area (TPSA) is 76.7 Å². The molecule has 0 spiro atoms. The molecule has 0 fully saturated rings. The summed E-state index contributed by atoms with van der Waals surface area (Å²) in [4.78, 5) is 24.5. The first kappa shape index (κ1) is 22.5. The molecule has 0 radical (unpaired) electrons. The molecule has 0 unspecified atom stereocenters. The molecule has 3 rings (SSSR count). The van der Waals surface area contributed by atoms with Gasteiger partial charge < -0.3 is 14.8 Å². The van der Waals surface area contributed by atoms with E-state index in [0.29, 0.717) is 23.7 Å². The Kier molecular flexibility index (Phi) is 7.41. The fourth-order valence-corrected chi connectivity index (χ4v) is 3.33. The highest BCUT2D eigenvalue weighted by Crippen LogP contribution is 2.28. The zero-order valence-electron chi connectivity index (χ0n) is 17.9. The van der Waals surface area contributed by atoms with Gasteiger partial charge in [-0.15, -0.1) is 0 Å². The molecule has 0 heterocycles. The Morgan fingerprint density at radius 1 is 1.10 bits per heavy atom. The predicted molar refractivity (Wildman–Crippen MR) is 124 cm³/mol. The smallest absolute Gasteiger partial charge is 0.253 e. The third-order valence-electron chi connectivity index (χ3n) is 4.97. The summed E-state index contributed by atoms with van der Waals surface area (Å²) in [6.45, 7) is 4.13. The quantitative estimate of drug-likeness (QED) is 0.616. The Bertz CT molecular complexity index is 1010. The summed E-state index contributed by atoms with van der Waals surface area (Å²) < 4.78 is 10.7. The van der Waals surface area contributed by atoms with Crippen molar-refractivity contribution in [3.8, 4) is 11.5 Å². The minimum Gasteiger partial charge on any atom is -0.497 e. The van der Waals surface area contributed by atoms with E-state index in [1.165, 1.54) is 5.56 Å². The van der Waals surface area contributed by atoms with Crippen LogP contribution < -0.4 is 20.1 Å². The second-order valence-corrected chi connectivity index (χ2v) is 8.01. The number of fused-ring (bicyclic) bond motifs is 1. The molecule has 0 atom stereocenters. The van der Waals surface area contributed by atoms with Crippen LogP contribution in [0.3, 0.4) is 0 Å². The van der Waals surface area contributed by atoms with Gasteiger partial charge in [0.25, 0.3) is 5.91 Å². The SMILES string of the molecule is COc1ccc2c(c1)CC(C(=O)NC(=S)NCC(=O)COc1ccc(C(C)C)cc1)=C2. The number of hydrogen-bond acceptors (Lipinski definition) is 5. The number of thiocarbonyl (C=S) groups is 1. The van der Waals surface area contributed by atoms with Crippen LogP contribution in [0.4, 0.5) is 0 Å². The van der Waals surface area contributed by atoms with Gasteiger partial charge in [-0.3, -0.25) is 14.9 Å². The Labute approximate surface area is 187 Å². The van der Waals surface area contributed by atoms with Crippen LogP contribution in [0.25, 0.3) is 6.08 Å². The normalized spacial score (nSPS) is 12.1. The van der Waals surface area contributed by atoms with Crippen molar-refractivity contribution >= 4 is 35.1 Å². The average Bonchev–Trinajstić information content (AvgIpc) is 3.20. The Morgan fingerprint density at radius 2 is 1.81 bits per heavy atom. The molecule has 162 valence electrons. The van der Waals surface area contributed by atoms with E-state index in [1.54, 1.807) is 7.11 Å². The molecule has 0 aliphatic heterocycles. The lowest BCUT2D eigenvalue weighted by Gasteiger charge is -2.11. The van der Waals surface area contributed by atoms with E-state index in [1.807, 2.05) is 48.5 Å². The lowest BCUT2D eigenvalue weighted by atomic mass is 10.0. The first-order valence-electron chi connectivity index (χ1n) is 10.1. The van der Waals surface area contributed by atoms with Crippen molar-refractivity contribution < 1.29 is 19.1 Å². The second-order valence-electron chi connectivity index (χ2n) is 7.60. The van der Waals surface area contributed by atoms with E-state index in [9.17, 15) is 9.59 Å². The van der Waals surface area contributed by atoms with Gasteiger partial charge in [0.05, 0.1) is 13.7 Å². The molecule has 7 heteroatoms. The van der Waals surface area contributed by atoms with Crippen LogP contribution in [0, 0.1) is 0 Å². The van der Waals surface area contributed by atoms with Crippen molar-refractivity contribution in [3.63, 3.8) is 0 Å². The van der Waals surface area contributed by atoms with Gasteiger partial charge in [0.2, 0.25) is 0 Å². The summed E-state index contributed by atoms with van der Waals surface area (Å²) in [6.07, 6.45) is 2.33. The molecule has 0 saturated carbocycles. The second kappa shape index (κ2) is 10.2. The first-order valence-corrected chi connectivity index (χ1v) is 10.5. The van der Waals surface area contributed by atoms with E-state index >= 15 is 0 Å². The van der Waals surface area contributed by atoms with Crippen LogP contribution in [-0.4, -0.2) is 37.1 Å². The monoisotopic (exact) mass is 438 g/mol. The van der Waals surface area contributed by atoms with Gasteiger partial charge in [-0.1, -0.05) is 32.0 Å². The van der Waals surface area contributed by atoms with Crippen LogP contribution in [0.2, 0.25) is 0 Å². The fourth-order valence-electron chi connectivity index (χ4n) is 3.16. The summed E-state index contributed by atoms with van der Waals surface area (Å²) in [7, 11) is 1.61. The highest BCUT2D eigenvalue weighted by atomic mass is 32.1. The molecule has 1 aliphatic rings. The Balaban J connectivity index is 1.40. The zero-order chi connectivity index (χ0) is 22.4. The Hall–Kier alpha value is -3.19. The summed E-state index contributed by atoms with van der Waals surface area (Å²) in [5, 5.41) is 5.48. The van der Waals surface area contributed by atoms with Gasteiger partial charge in [0, 0.05) is 12.0 Å². The molecular formula is C24H26N2O4S. The third kappa shape index (κ3) is 6.15. The van der Waals surface area contributed by atoms with Gasteiger partial charge in [0.1, 0.15) is 18.1 Å². The van der Waals surface area contributed by atoms with Crippen molar-refractivity contribution in [1.29, 1.82) is 0 Å². The standard InChI is InChI=1S/C24H26N2O4S/c1-15(2)16-4-7-21(8-5-16)30-14-20(27)13-25-24(31)26-23(28)19-10-17-6-9-22(29-3)12-18(17)11-19/h4-10,12,15H,11,13-14H2,1-3H3,(H2,25,26,28,31). The van der Waals surface area contributed by atoms with Crippen LogP contribution >= 0.6 is 12.2 Å². The van der Waals surface area contributed by atoms with E-state index in [-0.39, 0.29) is 30.0 Å². The number of ketones is 1. The van der Waals surface area contributed by atoms with Crippen molar-refractivity contribution in [2.75, 3.05) is 20.3 Å². The van der Waals surface area contributed by atoms with Gasteiger partial charge in [0.15, 0.2) is 10.9 Å².